The average Bonchev–Trinajstić information content (AvgIpc) is 3.49. The SMILES string of the molecule is COC[C@H]1C[C@@H](C(=O)Nc2nc(Br)ccc2C)N(C(=O)Cn2nc(C(C)=O)c3cc(-c4cnc(C)nc4)cc(C)c32)[C@@H]1I. The van der Waals surface area contributed by atoms with Gasteiger partial charge >= 0.3 is 0 Å². The molecule has 1 saturated heterocycles. The Bertz CT molecular complexity index is 1730. The van der Waals surface area contributed by atoms with Gasteiger partial charge in [-0.15, -0.1) is 0 Å². The van der Waals surface area contributed by atoms with Crippen molar-refractivity contribution in [2.75, 3.05) is 19.0 Å². The van der Waals surface area contributed by atoms with Crippen molar-refractivity contribution >= 4 is 72.8 Å². The molecule has 1 fully saturated rings. The number of carbonyl (C=O) groups excluding carboxylic acids is 3. The quantitative estimate of drug-likeness (QED) is 0.0870. The number of nitrogens with zero attached hydrogens (tertiary/aromatic N) is 6. The Hall–Kier alpha value is -3.30. The molecule has 3 aromatic heterocycles. The van der Waals surface area contributed by atoms with Gasteiger partial charge in [-0.2, -0.15) is 5.10 Å². The van der Waals surface area contributed by atoms with E-state index in [2.05, 4.69) is 63.9 Å². The number of rotatable bonds is 8. The summed E-state index contributed by atoms with van der Waals surface area (Å²) in [5.41, 5.74) is 4.27. The lowest BCUT2D eigenvalue weighted by Crippen LogP contribution is -2.47. The second-order valence-corrected chi connectivity index (χ2v) is 12.8. The van der Waals surface area contributed by atoms with Crippen LogP contribution in [0.25, 0.3) is 22.0 Å². The van der Waals surface area contributed by atoms with Gasteiger partial charge in [-0.1, -0.05) is 28.7 Å². The molecule has 11 nitrogen and oxygen atoms in total. The van der Waals surface area contributed by atoms with Gasteiger partial charge in [-0.05, 0) is 78.0 Å². The lowest BCUT2D eigenvalue weighted by atomic mass is 10.0. The summed E-state index contributed by atoms with van der Waals surface area (Å²) in [6, 6.07) is 6.77. The molecule has 0 saturated carbocycles. The third-order valence-electron chi connectivity index (χ3n) is 7.56. The number of likely N-dealkylation sites (tertiary alicyclic amines) is 1. The molecular formula is C30H31BrIN7O4. The van der Waals surface area contributed by atoms with E-state index in [1.807, 2.05) is 39.0 Å². The van der Waals surface area contributed by atoms with Crippen LogP contribution in [0.4, 0.5) is 5.82 Å². The van der Waals surface area contributed by atoms with Crippen LogP contribution in [0.3, 0.4) is 0 Å². The van der Waals surface area contributed by atoms with E-state index in [0.717, 1.165) is 22.3 Å². The molecule has 43 heavy (non-hydrogen) atoms. The molecule has 0 radical (unpaired) electrons. The van der Waals surface area contributed by atoms with E-state index in [4.69, 9.17) is 4.74 Å². The zero-order valence-electron chi connectivity index (χ0n) is 24.4. The molecule has 1 aliphatic rings. The van der Waals surface area contributed by atoms with Crippen molar-refractivity contribution in [3.8, 4) is 11.1 Å². The van der Waals surface area contributed by atoms with Crippen LogP contribution < -0.4 is 5.32 Å². The Kier molecular flexibility index (Phi) is 9.23. The summed E-state index contributed by atoms with van der Waals surface area (Å²) >= 11 is 5.56. The Morgan fingerprint density at radius 3 is 2.49 bits per heavy atom. The highest BCUT2D eigenvalue weighted by atomic mass is 127. The molecule has 0 spiro atoms. The molecular weight excluding hydrogens is 729 g/mol. The molecule has 0 aliphatic carbocycles. The number of halogens is 2. The standard InChI is InChI=1S/C30H31BrIN7O4/c1-15-6-7-24(31)35-29(15)36-30(42)23-10-20(14-43-5)28(32)39(23)25(41)13-38-27-16(2)8-19(21-11-33-18(4)34-12-21)9-22(27)26(37-38)17(3)40/h6-9,11-12,20,23,28H,10,13-14H2,1-5H3,(H,35,36,42)/t20-,23+,28+/m1/s1. The van der Waals surface area contributed by atoms with Crippen molar-refractivity contribution in [2.24, 2.45) is 5.92 Å². The van der Waals surface area contributed by atoms with Gasteiger partial charge in [0.05, 0.1) is 16.2 Å². The smallest absolute Gasteiger partial charge is 0.248 e. The largest absolute Gasteiger partial charge is 0.384 e. The molecule has 1 aromatic carbocycles. The third-order valence-corrected chi connectivity index (χ3v) is 9.62. The first kappa shape index (κ1) is 31.1. The van der Waals surface area contributed by atoms with E-state index in [9.17, 15) is 14.4 Å². The fourth-order valence-electron chi connectivity index (χ4n) is 5.47. The van der Waals surface area contributed by atoms with Crippen LogP contribution in [-0.2, 0) is 20.9 Å². The molecule has 0 unspecified atom stereocenters. The molecule has 13 heteroatoms. The van der Waals surface area contributed by atoms with Crippen molar-refractivity contribution < 1.29 is 19.1 Å². The van der Waals surface area contributed by atoms with Crippen LogP contribution in [0.2, 0.25) is 0 Å². The Morgan fingerprint density at radius 2 is 1.81 bits per heavy atom. The molecule has 224 valence electrons. The first-order chi connectivity index (χ1) is 20.5. The number of methoxy groups -OCH3 is 1. The lowest BCUT2D eigenvalue weighted by molar-refractivity contribution is -0.137. The number of alkyl halides is 1. The van der Waals surface area contributed by atoms with E-state index in [0.29, 0.717) is 40.2 Å². The van der Waals surface area contributed by atoms with E-state index in [-0.39, 0.29) is 39.8 Å². The summed E-state index contributed by atoms with van der Waals surface area (Å²) in [5, 5.41) is 8.15. The number of amides is 2. The number of ketones is 1. The van der Waals surface area contributed by atoms with Crippen molar-refractivity contribution in [1.82, 2.24) is 29.6 Å². The summed E-state index contributed by atoms with van der Waals surface area (Å²) in [4.78, 5) is 54.9. The number of fused-ring (bicyclic) bond motifs is 1. The van der Waals surface area contributed by atoms with Crippen LogP contribution in [0.15, 0.2) is 41.3 Å². The van der Waals surface area contributed by atoms with E-state index in [1.54, 1.807) is 35.2 Å². The number of aromatic nitrogens is 5. The van der Waals surface area contributed by atoms with Gasteiger partial charge in [0.1, 0.15) is 34.5 Å². The average molecular weight is 760 g/mol. The first-order valence-electron chi connectivity index (χ1n) is 13.7. The van der Waals surface area contributed by atoms with Gasteiger partial charge in [-0.3, -0.25) is 19.1 Å². The molecule has 5 rings (SSSR count). The van der Waals surface area contributed by atoms with Crippen LogP contribution in [0.5, 0.6) is 0 Å². The number of pyridine rings is 1. The highest BCUT2D eigenvalue weighted by molar-refractivity contribution is 14.1. The van der Waals surface area contributed by atoms with E-state index < -0.39 is 6.04 Å². The second-order valence-electron chi connectivity index (χ2n) is 10.7. The maximum absolute atomic E-state index is 14.0. The minimum atomic E-state index is -0.738. The van der Waals surface area contributed by atoms with Crippen molar-refractivity contribution in [2.45, 2.75) is 50.8 Å². The van der Waals surface area contributed by atoms with Gasteiger partial charge in [-0.25, -0.2) is 15.0 Å². The normalized spacial score (nSPS) is 18.3. The van der Waals surface area contributed by atoms with E-state index >= 15 is 0 Å². The predicted octanol–water partition coefficient (Wildman–Crippen LogP) is 5.04. The minimum Gasteiger partial charge on any atom is -0.384 e. The third kappa shape index (κ3) is 6.34. The van der Waals surface area contributed by atoms with Crippen molar-refractivity contribution in [3.05, 3.63) is 63.9 Å². The van der Waals surface area contributed by atoms with Gasteiger partial charge in [0.25, 0.3) is 0 Å². The predicted molar refractivity (Wildman–Crippen MR) is 174 cm³/mol. The topological polar surface area (TPSA) is 132 Å². The highest BCUT2D eigenvalue weighted by Crippen LogP contribution is 2.36. The van der Waals surface area contributed by atoms with Crippen LogP contribution in [-0.4, -0.2) is 71.0 Å². The molecule has 1 N–H and O–H groups in total. The number of nitrogens with one attached hydrogen (secondary N) is 1. The number of ether oxygens (including phenoxy) is 1. The number of Topliss-reactive ketones (excluding diaryl/α,β-unsaturated/α-hetero) is 1. The maximum atomic E-state index is 14.0. The summed E-state index contributed by atoms with van der Waals surface area (Å²) < 4.78 is 7.30. The molecule has 3 atom stereocenters. The molecule has 0 bridgehead atoms. The summed E-state index contributed by atoms with van der Waals surface area (Å²) in [6.07, 6.45) is 3.92. The lowest BCUT2D eigenvalue weighted by Gasteiger charge is -2.28. The van der Waals surface area contributed by atoms with Crippen LogP contribution in [0.1, 0.15) is 40.8 Å². The number of benzene rings is 1. The number of anilines is 1. The van der Waals surface area contributed by atoms with Crippen LogP contribution >= 0.6 is 38.5 Å². The second kappa shape index (κ2) is 12.7. The fourth-order valence-corrected chi connectivity index (χ4v) is 6.98. The number of hydrogen-bond acceptors (Lipinski definition) is 8. The van der Waals surface area contributed by atoms with Crippen LogP contribution in [0, 0.1) is 26.7 Å². The van der Waals surface area contributed by atoms with Gasteiger partial charge < -0.3 is 15.0 Å². The molecule has 4 aromatic rings. The fraction of sp³-hybridized carbons (Fsp3) is 0.367. The van der Waals surface area contributed by atoms with E-state index in [1.165, 1.54) is 6.92 Å². The monoisotopic (exact) mass is 759 g/mol. The Balaban J connectivity index is 1.49. The van der Waals surface area contributed by atoms with Gasteiger partial charge in [0.15, 0.2) is 5.78 Å². The number of hydrogen-bond donors (Lipinski definition) is 1. The highest BCUT2D eigenvalue weighted by Gasteiger charge is 2.46. The first-order valence-corrected chi connectivity index (χ1v) is 15.7. The number of aryl methyl sites for hydroxylation is 3. The zero-order chi connectivity index (χ0) is 31.0. The van der Waals surface area contributed by atoms with Crippen molar-refractivity contribution in [1.29, 1.82) is 0 Å². The van der Waals surface area contributed by atoms with Crippen molar-refractivity contribution in [3.63, 3.8) is 0 Å². The van der Waals surface area contributed by atoms with Gasteiger partial charge in [0, 0.05) is 43.3 Å². The molecule has 2 amide bonds. The molecule has 4 heterocycles. The summed E-state index contributed by atoms with van der Waals surface area (Å²) in [5.74, 6) is 0.225. The summed E-state index contributed by atoms with van der Waals surface area (Å²) in [6.45, 7) is 7.31. The number of carbonyl (C=O) groups is 3. The minimum absolute atomic E-state index is 0.0509. The zero-order valence-corrected chi connectivity index (χ0v) is 28.1. The Labute approximate surface area is 271 Å². The Morgan fingerprint density at radius 1 is 1.09 bits per heavy atom. The summed E-state index contributed by atoms with van der Waals surface area (Å²) in [7, 11) is 1.61. The van der Waals surface area contributed by atoms with Gasteiger partial charge in [0.2, 0.25) is 11.8 Å². The molecule has 1 aliphatic heterocycles. The maximum Gasteiger partial charge on any atom is 0.248 e.